The Hall–Kier alpha value is -1.25. The van der Waals surface area contributed by atoms with Crippen LogP contribution in [0, 0.1) is 34.5 Å². The fourth-order valence-electron chi connectivity index (χ4n) is 6.66. The van der Waals surface area contributed by atoms with Crippen LogP contribution in [-0.4, -0.2) is 26.5 Å². The van der Waals surface area contributed by atoms with Crippen LogP contribution in [0.15, 0.2) is 11.8 Å². The zero-order valence-electron chi connectivity index (χ0n) is 16.6. The van der Waals surface area contributed by atoms with Crippen LogP contribution in [0.4, 0.5) is 13.2 Å². The molecule has 1 saturated heterocycles. The monoisotopic (exact) mass is 436 g/mol. The van der Waals surface area contributed by atoms with Gasteiger partial charge in [-0.05, 0) is 73.7 Å². The number of esters is 1. The number of ether oxygens (including phenoxy) is 1. The van der Waals surface area contributed by atoms with E-state index in [9.17, 15) is 26.4 Å². The predicted octanol–water partition coefficient (Wildman–Crippen LogP) is 4.54. The van der Waals surface area contributed by atoms with Crippen molar-refractivity contribution in [3.8, 4) is 0 Å². The maximum absolute atomic E-state index is 12.8. The van der Waals surface area contributed by atoms with Crippen LogP contribution in [0.25, 0.3) is 0 Å². The summed E-state index contributed by atoms with van der Waals surface area (Å²) in [4.78, 5) is 11.8. The molecule has 29 heavy (non-hydrogen) atoms. The van der Waals surface area contributed by atoms with Crippen LogP contribution in [0.5, 0.6) is 0 Å². The van der Waals surface area contributed by atoms with Crippen LogP contribution < -0.4 is 0 Å². The number of cyclic esters (lactones) is 1. The highest BCUT2D eigenvalue weighted by atomic mass is 32.2. The highest BCUT2D eigenvalue weighted by Crippen LogP contribution is 2.65. The number of alkyl halides is 3. The molecule has 5 unspecified atom stereocenters. The van der Waals surface area contributed by atoms with E-state index < -0.39 is 21.0 Å². The van der Waals surface area contributed by atoms with Gasteiger partial charge in [-0.1, -0.05) is 13.8 Å². The van der Waals surface area contributed by atoms with Gasteiger partial charge in [0.05, 0.1) is 6.61 Å². The third kappa shape index (κ3) is 3.18. The number of carbonyl (C=O) groups is 1. The number of carbonyl (C=O) groups excluding carboxylic acids is 1. The summed E-state index contributed by atoms with van der Waals surface area (Å²) >= 11 is 0. The van der Waals surface area contributed by atoms with Gasteiger partial charge in [0.2, 0.25) is 0 Å². The number of rotatable bonds is 2. The van der Waals surface area contributed by atoms with Gasteiger partial charge in [-0.15, -0.1) is 0 Å². The normalized spacial score (nSPS) is 42.7. The minimum Gasteiger partial charge on any atom is -0.465 e. The largest absolute Gasteiger partial charge is 0.534 e. The van der Waals surface area contributed by atoms with Crippen LogP contribution >= 0.6 is 0 Å². The summed E-state index contributed by atoms with van der Waals surface area (Å²) in [6, 6.07) is 0. The van der Waals surface area contributed by atoms with Crippen molar-refractivity contribution in [3.05, 3.63) is 11.8 Å². The van der Waals surface area contributed by atoms with Crippen molar-refractivity contribution in [1.82, 2.24) is 0 Å². The van der Waals surface area contributed by atoms with Crippen molar-refractivity contribution in [2.75, 3.05) is 6.61 Å². The lowest BCUT2D eigenvalue weighted by atomic mass is 9.47. The van der Waals surface area contributed by atoms with E-state index in [2.05, 4.69) is 11.1 Å². The van der Waals surface area contributed by atoms with Crippen molar-refractivity contribution in [2.24, 2.45) is 34.5 Å². The highest BCUT2D eigenvalue weighted by molar-refractivity contribution is 7.87. The Labute approximate surface area is 169 Å². The molecular formula is C20H27F3O5S. The molecule has 6 atom stereocenters. The minimum atomic E-state index is -5.66. The average molecular weight is 436 g/mol. The standard InChI is InChI=1S/C20H27F3O5S/c1-18-10-8-17(24)27-11-12(18)3-4-13-14-5-6-16(19(14,2)9-7-15(13)18)28-29(25,26)20(21,22)23/h6,12-15H,3-5,7-11H2,1-2H3/t12?,13?,14?,15?,18-,19?/m1/s1. The van der Waals surface area contributed by atoms with E-state index in [4.69, 9.17) is 4.74 Å². The quantitative estimate of drug-likeness (QED) is 0.361. The van der Waals surface area contributed by atoms with E-state index in [0.717, 1.165) is 25.7 Å². The molecule has 0 aromatic heterocycles. The number of fused-ring (bicyclic) bond motifs is 5. The molecular weight excluding hydrogens is 409 g/mol. The maximum Gasteiger partial charge on any atom is 0.534 e. The van der Waals surface area contributed by atoms with E-state index in [-0.39, 0.29) is 29.0 Å². The second-order valence-corrected chi connectivity index (χ2v) is 11.1. The van der Waals surface area contributed by atoms with E-state index in [0.29, 0.717) is 37.7 Å². The van der Waals surface area contributed by atoms with Gasteiger partial charge < -0.3 is 8.92 Å². The molecule has 9 heteroatoms. The molecule has 3 aliphatic carbocycles. The first-order valence-electron chi connectivity index (χ1n) is 10.3. The lowest BCUT2D eigenvalue weighted by Gasteiger charge is -2.58. The summed E-state index contributed by atoms with van der Waals surface area (Å²) in [5, 5.41) is 0. The van der Waals surface area contributed by atoms with Crippen molar-refractivity contribution < 1.29 is 35.3 Å². The molecule has 4 rings (SSSR count). The number of halogens is 3. The second kappa shape index (κ2) is 6.62. The third-order valence-corrected chi connectivity index (χ3v) is 9.34. The smallest absolute Gasteiger partial charge is 0.465 e. The fraction of sp³-hybridized carbons (Fsp3) is 0.850. The maximum atomic E-state index is 12.8. The first kappa shape index (κ1) is 21.0. The Bertz CT molecular complexity index is 836. The second-order valence-electron chi connectivity index (χ2n) is 9.58. The molecule has 0 amide bonds. The lowest BCUT2D eigenvalue weighted by molar-refractivity contribution is -0.144. The fourth-order valence-corrected chi connectivity index (χ4v) is 7.25. The molecule has 4 aliphatic rings. The lowest BCUT2D eigenvalue weighted by Crippen LogP contribution is -2.52. The topological polar surface area (TPSA) is 69.7 Å². The highest BCUT2D eigenvalue weighted by Gasteiger charge is 2.60. The zero-order valence-corrected chi connectivity index (χ0v) is 17.4. The van der Waals surface area contributed by atoms with Crippen LogP contribution in [0.3, 0.4) is 0 Å². The SMILES string of the molecule is CC12CCC3C(CCC4COC(=O)CC[C@]43C)C1CC=C2OS(=O)(=O)C(F)(F)F. The zero-order chi connectivity index (χ0) is 21.2. The van der Waals surface area contributed by atoms with Gasteiger partial charge in [0.1, 0.15) is 5.76 Å². The number of allylic oxidation sites excluding steroid dienone is 2. The Morgan fingerprint density at radius 3 is 2.55 bits per heavy atom. The van der Waals surface area contributed by atoms with Crippen molar-refractivity contribution in [3.63, 3.8) is 0 Å². The van der Waals surface area contributed by atoms with Crippen molar-refractivity contribution in [1.29, 1.82) is 0 Å². The van der Waals surface area contributed by atoms with Gasteiger partial charge in [-0.3, -0.25) is 4.79 Å². The summed E-state index contributed by atoms with van der Waals surface area (Å²) in [7, 11) is -5.66. The minimum absolute atomic E-state index is 0.0436. The molecule has 0 aromatic rings. The van der Waals surface area contributed by atoms with Gasteiger partial charge >= 0.3 is 21.6 Å². The molecule has 0 N–H and O–H groups in total. The van der Waals surface area contributed by atoms with E-state index >= 15 is 0 Å². The predicted molar refractivity (Wildman–Crippen MR) is 97.6 cm³/mol. The van der Waals surface area contributed by atoms with E-state index in [1.807, 2.05) is 6.92 Å². The number of hydrogen-bond acceptors (Lipinski definition) is 5. The molecule has 1 heterocycles. The Morgan fingerprint density at radius 1 is 1.14 bits per heavy atom. The van der Waals surface area contributed by atoms with E-state index in [1.165, 1.54) is 0 Å². The Kier molecular flexibility index (Phi) is 4.80. The molecule has 0 spiro atoms. The van der Waals surface area contributed by atoms with Crippen molar-refractivity contribution in [2.45, 2.75) is 64.3 Å². The summed E-state index contributed by atoms with van der Waals surface area (Å²) in [5.74, 6) is 0.765. The van der Waals surface area contributed by atoms with Gasteiger partial charge in [-0.25, -0.2) is 0 Å². The van der Waals surface area contributed by atoms with Crippen LogP contribution in [-0.2, 0) is 23.8 Å². The van der Waals surface area contributed by atoms with Crippen LogP contribution in [0.2, 0.25) is 0 Å². The van der Waals surface area contributed by atoms with Gasteiger partial charge in [0.15, 0.2) is 0 Å². The van der Waals surface area contributed by atoms with Gasteiger partial charge in [0, 0.05) is 11.8 Å². The molecule has 0 radical (unpaired) electrons. The molecule has 164 valence electrons. The Balaban J connectivity index is 1.58. The summed E-state index contributed by atoms with van der Waals surface area (Å²) in [5.41, 5.74) is -6.18. The molecule has 0 bridgehead atoms. The molecule has 3 fully saturated rings. The molecule has 1 aliphatic heterocycles. The molecule has 2 saturated carbocycles. The van der Waals surface area contributed by atoms with Crippen molar-refractivity contribution >= 4 is 16.1 Å². The summed E-state index contributed by atoms with van der Waals surface area (Å²) < 4.78 is 71.7. The third-order valence-electron chi connectivity index (χ3n) is 8.37. The summed E-state index contributed by atoms with van der Waals surface area (Å²) in [6.07, 6.45) is 6.42. The first-order chi connectivity index (χ1) is 13.4. The van der Waals surface area contributed by atoms with Gasteiger partial charge in [0.25, 0.3) is 0 Å². The van der Waals surface area contributed by atoms with Gasteiger partial charge in [-0.2, -0.15) is 21.6 Å². The van der Waals surface area contributed by atoms with Crippen LogP contribution in [0.1, 0.15) is 58.8 Å². The molecule has 0 aromatic carbocycles. The molecule has 5 nitrogen and oxygen atoms in total. The van der Waals surface area contributed by atoms with E-state index in [1.54, 1.807) is 6.08 Å². The first-order valence-corrected chi connectivity index (χ1v) is 11.7. The average Bonchev–Trinajstić information content (AvgIpc) is 2.85. The number of hydrogen-bond donors (Lipinski definition) is 0. The summed E-state index contributed by atoms with van der Waals surface area (Å²) in [6.45, 7) is 4.51. The Morgan fingerprint density at radius 2 is 1.86 bits per heavy atom.